The quantitative estimate of drug-likeness (QED) is 0.535. The maximum Gasteiger partial charge on any atom is 0.323 e. The van der Waals surface area contributed by atoms with Crippen LogP contribution >= 0.6 is 0 Å². The molecule has 2 aliphatic rings. The van der Waals surface area contributed by atoms with Gasteiger partial charge in [0.15, 0.2) is 0 Å². The zero-order chi connectivity index (χ0) is 15.6. The van der Waals surface area contributed by atoms with Crippen LogP contribution in [-0.2, 0) is 9.59 Å². The first kappa shape index (κ1) is 14.9. The van der Waals surface area contributed by atoms with E-state index in [4.69, 9.17) is 10.8 Å². The summed E-state index contributed by atoms with van der Waals surface area (Å²) in [7, 11) is 0. The molecule has 5 amide bonds. The lowest BCUT2D eigenvalue weighted by atomic mass is 10.2. The number of urea groups is 2. The van der Waals surface area contributed by atoms with E-state index in [0.29, 0.717) is 19.6 Å². The second-order valence-electron chi connectivity index (χ2n) is 4.98. The van der Waals surface area contributed by atoms with Crippen molar-refractivity contribution in [2.24, 2.45) is 5.73 Å². The van der Waals surface area contributed by atoms with Crippen LogP contribution in [0.3, 0.4) is 0 Å². The molecule has 2 fully saturated rings. The third-order valence-electron chi connectivity index (χ3n) is 3.45. The normalized spacial score (nSPS) is 20.8. The van der Waals surface area contributed by atoms with Crippen molar-refractivity contribution in [2.75, 3.05) is 39.3 Å². The molecule has 0 saturated carbocycles. The Morgan fingerprint density at radius 3 is 2.67 bits per heavy atom. The second kappa shape index (κ2) is 5.85. The third kappa shape index (κ3) is 3.33. The van der Waals surface area contributed by atoms with E-state index in [1.807, 2.05) is 0 Å². The van der Waals surface area contributed by atoms with Gasteiger partial charge in [0.05, 0.1) is 6.04 Å². The molecule has 2 saturated heterocycles. The molecule has 1 unspecified atom stereocenters. The summed E-state index contributed by atoms with van der Waals surface area (Å²) in [5.74, 6) is -2.00. The predicted molar refractivity (Wildman–Crippen MR) is 69.3 cm³/mol. The van der Waals surface area contributed by atoms with Crippen molar-refractivity contribution in [3.05, 3.63) is 0 Å². The minimum Gasteiger partial charge on any atom is -0.480 e. The first-order chi connectivity index (χ1) is 9.88. The molecular formula is C11H17N5O5. The fraction of sp³-hybridized carbons (Fsp3) is 0.636. The Morgan fingerprint density at radius 1 is 1.33 bits per heavy atom. The number of fused-ring (bicyclic) bond motifs is 1. The van der Waals surface area contributed by atoms with E-state index in [9.17, 15) is 19.2 Å². The summed E-state index contributed by atoms with van der Waals surface area (Å²) in [4.78, 5) is 49.5. The number of piperazine rings is 1. The first-order valence-electron chi connectivity index (χ1n) is 6.47. The Morgan fingerprint density at radius 2 is 2.05 bits per heavy atom. The number of hydrogen-bond acceptors (Lipinski definition) is 4. The number of rotatable bonds is 4. The summed E-state index contributed by atoms with van der Waals surface area (Å²) >= 11 is 0. The molecule has 2 aliphatic heterocycles. The fourth-order valence-electron chi connectivity index (χ4n) is 2.52. The lowest BCUT2D eigenvalue weighted by Crippen LogP contribution is -2.57. The highest BCUT2D eigenvalue weighted by Gasteiger charge is 2.38. The standard InChI is InChI=1S/C11H17N5O5/c12-8(17)5-15(6-9(18)19)11(21)14-1-2-16-7(4-14)3-13-10(16)20/h7H,1-6H2,(H2,12,17)(H,13,20)(H,18,19). The maximum absolute atomic E-state index is 12.3. The number of nitrogens with one attached hydrogen (secondary N) is 1. The van der Waals surface area contributed by atoms with Gasteiger partial charge in [-0.25, -0.2) is 9.59 Å². The van der Waals surface area contributed by atoms with Gasteiger partial charge in [-0.1, -0.05) is 0 Å². The highest BCUT2D eigenvalue weighted by atomic mass is 16.4. The van der Waals surface area contributed by atoms with Crippen molar-refractivity contribution in [2.45, 2.75) is 6.04 Å². The molecule has 0 aromatic carbocycles. The van der Waals surface area contributed by atoms with Gasteiger partial charge in [0.25, 0.3) is 0 Å². The van der Waals surface area contributed by atoms with Gasteiger partial charge in [-0.3, -0.25) is 9.59 Å². The number of primary amides is 1. The molecule has 0 aromatic heterocycles. The molecule has 21 heavy (non-hydrogen) atoms. The fourth-order valence-corrected chi connectivity index (χ4v) is 2.52. The summed E-state index contributed by atoms with van der Waals surface area (Å²) in [6.45, 7) is 0.359. The van der Waals surface area contributed by atoms with Crippen LogP contribution in [0.25, 0.3) is 0 Å². The number of carbonyl (C=O) groups is 4. The smallest absolute Gasteiger partial charge is 0.323 e. The topological polar surface area (TPSA) is 136 Å². The van der Waals surface area contributed by atoms with E-state index in [1.165, 1.54) is 4.90 Å². The molecular weight excluding hydrogens is 282 g/mol. The average molecular weight is 299 g/mol. The number of hydrogen-bond donors (Lipinski definition) is 3. The number of carbonyl (C=O) groups excluding carboxylic acids is 3. The van der Waals surface area contributed by atoms with Crippen LogP contribution in [0.15, 0.2) is 0 Å². The van der Waals surface area contributed by atoms with Crippen LogP contribution in [0.2, 0.25) is 0 Å². The Hall–Kier alpha value is -2.52. The Balaban J connectivity index is 2.01. The molecule has 10 nitrogen and oxygen atoms in total. The Labute approximate surface area is 120 Å². The van der Waals surface area contributed by atoms with Crippen LogP contribution in [0.5, 0.6) is 0 Å². The summed E-state index contributed by atoms with van der Waals surface area (Å²) in [6.07, 6.45) is 0. The summed E-state index contributed by atoms with van der Waals surface area (Å²) in [6, 6.07) is -0.850. The van der Waals surface area contributed by atoms with Crippen molar-refractivity contribution in [1.29, 1.82) is 0 Å². The minimum absolute atomic E-state index is 0.129. The predicted octanol–water partition coefficient (Wildman–Crippen LogP) is -2.31. The van der Waals surface area contributed by atoms with E-state index < -0.39 is 31.0 Å². The van der Waals surface area contributed by atoms with Gasteiger partial charge < -0.3 is 30.9 Å². The molecule has 116 valence electrons. The number of aliphatic carboxylic acids is 1. The molecule has 4 N–H and O–H groups in total. The average Bonchev–Trinajstić information content (AvgIpc) is 2.77. The van der Waals surface area contributed by atoms with Gasteiger partial charge in [-0.2, -0.15) is 0 Å². The van der Waals surface area contributed by atoms with Crippen molar-refractivity contribution in [1.82, 2.24) is 20.0 Å². The Bertz CT molecular complexity index is 466. The lowest BCUT2D eigenvalue weighted by Gasteiger charge is -2.38. The number of carboxylic acid groups (broad SMARTS) is 1. The highest BCUT2D eigenvalue weighted by Crippen LogP contribution is 2.15. The summed E-state index contributed by atoms with van der Waals surface area (Å²) in [5, 5.41) is 11.5. The molecule has 2 heterocycles. The maximum atomic E-state index is 12.3. The van der Waals surface area contributed by atoms with Crippen molar-refractivity contribution < 1.29 is 24.3 Å². The SMILES string of the molecule is NC(=O)CN(CC(=O)O)C(=O)N1CCN2C(=O)NCC2C1. The van der Waals surface area contributed by atoms with Crippen molar-refractivity contribution in [3.8, 4) is 0 Å². The zero-order valence-electron chi connectivity index (χ0n) is 11.3. The minimum atomic E-state index is -1.22. The number of nitrogens with zero attached hydrogens (tertiary/aromatic N) is 3. The van der Waals surface area contributed by atoms with Gasteiger partial charge in [0, 0.05) is 26.2 Å². The Kier molecular flexibility index (Phi) is 4.15. The zero-order valence-corrected chi connectivity index (χ0v) is 11.3. The van der Waals surface area contributed by atoms with E-state index in [-0.39, 0.29) is 18.6 Å². The lowest BCUT2D eigenvalue weighted by molar-refractivity contribution is -0.138. The van der Waals surface area contributed by atoms with Gasteiger partial charge in [-0.05, 0) is 0 Å². The molecule has 0 spiro atoms. The second-order valence-corrected chi connectivity index (χ2v) is 4.98. The molecule has 0 aromatic rings. The van der Waals surface area contributed by atoms with Crippen molar-refractivity contribution in [3.63, 3.8) is 0 Å². The number of amides is 5. The van der Waals surface area contributed by atoms with E-state index in [0.717, 1.165) is 4.90 Å². The molecule has 0 bridgehead atoms. The molecule has 2 rings (SSSR count). The summed E-state index contributed by atoms with van der Waals surface area (Å²) in [5.41, 5.74) is 5.03. The van der Waals surface area contributed by atoms with Gasteiger partial charge in [-0.15, -0.1) is 0 Å². The van der Waals surface area contributed by atoms with Crippen LogP contribution in [0.4, 0.5) is 9.59 Å². The summed E-state index contributed by atoms with van der Waals surface area (Å²) < 4.78 is 0. The van der Waals surface area contributed by atoms with E-state index in [2.05, 4.69) is 5.32 Å². The third-order valence-corrected chi connectivity index (χ3v) is 3.45. The van der Waals surface area contributed by atoms with Gasteiger partial charge >= 0.3 is 18.0 Å². The van der Waals surface area contributed by atoms with Crippen LogP contribution in [0.1, 0.15) is 0 Å². The molecule has 10 heteroatoms. The van der Waals surface area contributed by atoms with Gasteiger partial charge in [0.1, 0.15) is 13.1 Å². The first-order valence-corrected chi connectivity index (χ1v) is 6.47. The van der Waals surface area contributed by atoms with E-state index in [1.54, 1.807) is 4.90 Å². The van der Waals surface area contributed by atoms with E-state index >= 15 is 0 Å². The monoisotopic (exact) mass is 299 g/mol. The van der Waals surface area contributed by atoms with Gasteiger partial charge in [0.2, 0.25) is 5.91 Å². The molecule has 0 aliphatic carbocycles. The number of nitrogens with two attached hydrogens (primary N) is 1. The highest BCUT2D eigenvalue weighted by molar-refractivity contribution is 5.86. The van der Waals surface area contributed by atoms with Crippen LogP contribution in [0, 0.1) is 0 Å². The number of carboxylic acids is 1. The van der Waals surface area contributed by atoms with Crippen LogP contribution in [-0.4, -0.2) is 89.1 Å². The molecule has 1 atom stereocenters. The molecule has 0 radical (unpaired) electrons. The van der Waals surface area contributed by atoms with Crippen LogP contribution < -0.4 is 11.1 Å². The van der Waals surface area contributed by atoms with Crippen molar-refractivity contribution >= 4 is 23.9 Å². The largest absolute Gasteiger partial charge is 0.480 e.